The van der Waals surface area contributed by atoms with Crippen LogP contribution < -0.4 is 0 Å². The van der Waals surface area contributed by atoms with Gasteiger partial charge in [0.05, 0.1) is 11.1 Å². The first-order valence-corrected chi connectivity index (χ1v) is 13.1. The van der Waals surface area contributed by atoms with Crippen LogP contribution in [0.1, 0.15) is 60.3 Å². The van der Waals surface area contributed by atoms with Crippen LogP contribution in [0.4, 0.5) is 0 Å². The van der Waals surface area contributed by atoms with E-state index in [0.717, 1.165) is 39.9 Å². The maximum absolute atomic E-state index is 5.92. The van der Waals surface area contributed by atoms with Gasteiger partial charge < -0.3 is 4.42 Å². The third-order valence-electron chi connectivity index (χ3n) is 6.06. The molecule has 0 saturated carbocycles. The van der Waals surface area contributed by atoms with E-state index in [-0.39, 0.29) is 5.92 Å². The van der Waals surface area contributed by atoms with E-state index in [1.165, 1.54) is 34.2 Å². The molecule has 5 aromatic rings. The van der Waals surface area contributed by atoms with Gasteiger partial charge in [0.1, 0.15) is 10.7 Å². The maximum Gasteiger partial charge on any atom is 0.247 e. The summed E-state index contributed by atoms with van der Waals surface area (Å²) in [6.45, 7) is 6.39. The molecule has 1 aliphatic rings. The van der Waals surface area contributed by atoms with Crippen molar-refractivity contribution in [3.63, 3.8) is 0 Å². The van der Waals surface area contributed by atoms with E-state index in [1.54, 1.807) is 11.8 Å². The van der Waals surface area contributed by atoms with Crippen molar-refractivity contribution in [2.75, 3.05) is 0 Å². The van der Waals surface area contributed by atoms with Crippen molar-refractivity contribution in [1.29, 1.82) is 0 Å². The lowest BCUT2D eigenvalue weighted by Crippen LogP contribution is -2.05. The minimum atomic E-state index is 0.253. The fraction of sp³-hybridized carbons (Fsp3) is 0.375. The molecular formula is C24H24N6OS2. The number of hydrogen-bond acceptors (Lipinski definition) is 8. The monoisotopic (exact) mass is 476 g/mol. The summed E-state index contributed by atoms with van der Waals surface area (Å²) < 4.78 is 8.05. The van der Waals surface area contributed by atoms with Gasteiger partial charge in [-0.2, -0.15) is 0 Å². The molecule has 0 radical (unpaired) electrons. The quantitative estimate of drug-likeness (QED) is 0.288. The first-order chi connectivity index (χ1) is 16.1. The zero-order valence-corrected chi connectivity index (χ0v) is 20.5. The number of thiophene rings is 1. The van der Waals surface area contributed by atoms with Crippen molar-refractivity contribution >= 4 is 39.0 Å². The van der Waals surface area contributed by atoms with Crippen LogP contribution in [0.25, 0.3) is 27.3 Å². The summed E-state index contributed by atoms with van der Waals surface area (Å²) in [4.78, 5) is 7.65. The molecule has 0 N–H and O–H groups in total. The molecule has 0 fully saturated rings. The van der Waals surface area contributed by atoms with Crippen molar-refractivity contribution < 1.29 is 4.42 Å². The van der Waals surface area contributed by atoms with E-state index in [1.807, 2.05) is 35.6 Å². The zero-order valence-electron chi connectivity index (χ0n) is 18.8. The summed E-state index contributed by atoms with van der Waals surface area (Å²) in [6.07, 6.45) is 4.74. The predicted molar refractivity (Wildman–Crippen MR) is 131 cm³/mol. The van der Waals surface area contributed by atoms with Gasteiger partial charge in [0.25, 0.3) is 0 Å². The van der Waals surface area contributed by atoms with Gasteiger partial charge in [0.15, 0.2) is 10.8 Å². The molecule has 9 heteroatoms. The van der Waals surface area contributed by atoms with E-state index in [2.05, 4.69) is 45.6 Å². The summed E-state index contributed by atoms with van der Waals surface area (Å²) in [7, 11) is 0. The van der Waals surface area contributed by atoms with Crippen LogP contribution in [0, 0.1) is 6.92 Å². The number of hydrogen-bond donors (Lipinski definition) is 0. The van der Waals surface area contributed by atoms with Crippen molar-refractivity contribution in [1.82, 2.24) is 29.8 Å². The highest BCUT2D eigenvalue weighted by Gasteiger charge is 2.24. The molecule has 0 unspecified atom stereocenters. The second kappa shape index (κ2) is 8.22. The number of benzene rings is 1. The van der Waals surface area contributed by atoms with Crippen LogP contribution in [-0.4, -0.2) is 29.8 Å². The van der Waals surface area contributed by atoms with E-state index in [9.17, 15) is 0 Å². The van der Waals surface area contributed by atoms with E-state index >= 15 is 0 Å². The summed E-state index contributed by atoms with van der Waals surface area (Å²) in [5, 5.41) is 19.7. The Morgan fingerprint density at radius 2 is 1.88 bits per heavy atom. The number of thioether (sulfide) groups is 1. The zero-order chi connectivity index (χ0) is 22.5. The lowest BCUT2D eigenvalue weighted by atomic mass is 9.97. The number of aromatic nitrogens is 6. The lowest BCUT2D eigenvalue weighted by Gasteiger charge is -2.12. The maximum atomic E-state index is 5.92. The first-order valence-electron chi connectivity index (χ1n) is 11.3. The van der Waals surface area contributed by atoms with Gasteiger partial charge in [-0.3, -0.25) is 4.40 Å². The predicted octanol–water partition coefficient (Wildman–Crippen LogP) is 5.99. The van der Waals surface area contributed by atoms with Gasteiger partial charge in [-0.25, -0.2) is 4.98 Å². The minimum absolute atomic E-state index is 0.253. The molecule has 0 atom stereocenters. The van der Waals surface area contributed by atoms with Crippen LogP contribution in [0.15, 0.2) is 33.8 Å². The summed E-state index contributed by atoms with van der Waals surface area (Å²) in [6, 6.07) is 8.08. The van der Waals surface area contributed by atoms with Gasteiger partial charge in [0.2, 0.25) is 11.8 Å². The van der Waals surface area contributed by atoms with Gasteiger partial charge in [-0.15, -0.1) is 31.7 Å². The molecule has 1 aliphatic carbocycles. The average molecular weight is 477 g/mol. The normalized spacial score (nSPS) is 13.9. The molecular weight excluding hydrogens is 452 g/mol. The smallest absolute Gasteiger partial charge is 0.247 e. The highest BCUT2D eigenvalue weighted by atomic mass is 32.2. The second-order valence-corrected chi connectivity index (χ2v) is 10.8. The molecule has 7 nitrogen and oxygen atoms in total. The van der Waals surface area contributed by atoms with Crippen LogP contribution in [0.5, 0.6) is 0 Å². The van der Waals surface area contributed by atoms with Crippen LogP contribution >= 0.6 is 23.1 Å². The first kappa shape index (κ1) is 20.8. The fourth-order valence-electron chi connectivity index (χ4n) is 4.39. The molecule has 0 spiro atoms. The summed E-state index contributed by atoms with van der Waals surface area (Å²) >= 11 is 3.39. The Labute approximate surface area is 199 Å². The largest absolute Gasteiger partial charge is 0.420 e. The van der Waals surface area contributed by atoms with Gasteiger partial charge in [-0.1, -0.05) is 43.3 Å². The van der Waals surface area contributed by atoms with Gasteiger partial charge in [-0.05, 0) is 50.3 Å². The van der Waals surface area contributed by atoms with Gasteiger partial charge >= 0.3 is 0 Å². The average Bonchev–Trinajstić information content (AvgIpc) is 3.53. The Morgan fingerprint density at radius 3 is 2.70 bits per heavy atom. The van der Waals surface area contributed by atoms with Crippen molar-refractivity contribution in [2.24, 2.45) is 0 Å². The highest BCUT2D eigenvalue weighted by Crippen LogP contribution is 2.39. The molecule has 33 heavy (non-hydrogen) atoms. The molecule has 4 heterocycles. The molecule has 1 aromatic carbocycles. The van der Waals surface area contributed by atoms with Crippen LogP contribution in [-0.2, 0) is 18.6 Å². The summed E-state index contributed by atoms with van der Waals surface area (Å²) in [5.41, 5.74) is 4.48. The Bertz CT molecular complexity index is 1460. The molecule has 0 amide bonds. The Morgan fingerprint density at radius 1 is 1.06 bits per heavy atom. The highest BCUT2D eigenvalue weighted by molar-refractivity contribution is 7.98. The number of fused-ring (bicyclic) bond motifs is 5. The molecule has 4 aromatic heterocycles. The minimum Gasteiger partial charge on any atom is -0.420 e. The van der Waals surface area contributed by atoms with Crippen LogP contribution in [0.2, 0.25) is 0 Å². The van der Waals surface area contributed by atoms with E-state index in [0.29, 0.717) is 17.5 Å². The number of aryl methyl sites for hydroxylation is 3. The second-order valence-electron chi connectivity index (χ2n) is 8.81. The molecule has 0 saturated heterocycles. The number of rotatable bonds is 5. The fourth-order valence-corrected chi connectivity index (χ4v) is 6.42. The molecule has 168 valence electrons. The Hall–Kier alpha value is -2.78. The third-order valence-corrected chi connectivity index (χ3v) is 8.16. The Kier molecular flexibility index (Phi) is 5.18. The number of nitrogens with zero attached hydrogens (tertiary/aromatic N) is 6. The van der Waals surface area contributed by atoms with Gasteiger partial charge in [0, 0.05) is 16.4 Å². The topological polar surface area (TPSA) is 82.0 Å². The standard InChI is InChI=1S/C24H24N6OS2/c1-13(2)20-25-23-19(16-6-4-5-7-17(16)33-23)21-27-29-24(30(20)21)32-12-18-26-28-22(31-18)15-10-8-14(3)9-11-15/h8-11,13H,4-7,12H2,1-3H3. The van der Waals surface area contributed by atoms with E-state index < -0.39 is 0 Å². The van der Waals surface area contributed by atoms with Crippen molar-refractivity contribution in [2.45, 2.75) is 63.3 Å². The molecule has 0 bridgehead atoms. The van der Waals surface area contributed by atoms with Crippen molar-refractivity contribution in [3.05, 3.63) is 52.0 Å². The SMILES string of the molecule is Cc1ccc(-c2nnc(CSc3nnc4c5c6c(sc5nc(C(C)C)n34)CCCC6)o2)cc1. The lowest BCUT2D eigenvalue weighted by molar-refractivity contribution is 0.528. The van der Waals surface area contributed by atoms with Crippen molar-refractivity contribution in [3.8, 4) is 11.5 Å². The molecule has 0 aliphatic heterocycles. The van der Waals surface area contributed by atoms with Crippen LogP contribution in [0.3, 0.4) is 0 Å². The Balaban J connectivity index is 1.35. The summed E-state index contributed by atoms with van der Waals surface area (Å²) in [5.74, 6) is 2.88. The molecule has 6 rings (SSSR count). The van der Waals surface area contributed by atoms with E-state index in [4.69, 9.17) is 9.40 Å². The third kappa shape index (κ3) is 3.63.